The van der Waals surface area contributed by atoms with E-state index in [-0.39, 0.29) is 5.91 Å². The zero-order valence-corrected chi connectivity index (χ0v) is 15.7. The van der Waals surface area contributed by atoms with Crippen molar-refractivity contribution < 1.29 is 9.32 Å². The van der Waals surface area contributed by atoms with Crippen LogP contribution in [0.5, 0.6) is 0 Å². The molecule has 0 atom stereocenters. The van der Waals surface area contributed by atoms with Crippen molar-refractivity contribution in [1.29, 1.82) is 0 Å². The molecule has 4 aromatic rings. The first-order valence-electron chi connectivity index (χ1n) is 8.26. The summed E-state index contributed by atoms with van der Waals surface area (Å²) in [6.07, 6.45) is 0. The molecule has 0 saturated heterocycles. The number of para-hydroxylation sites is 1. The van der Waals surface area contributed by atoms with Gasteiger partial charge in [-0.2, -0.15) is 4.98 Å². The number of hydrogen-bond acceptors (Lipinski definition) is 4. The van der Waals surface area contributed by atoms with E-state index in [1.54, 1.807) is 18.2 Å². The summed E-state index contributed by atoms with van der Waals surface area (Å²) in [5.41, 5.74) is 2.69. The summed E-state index contributed by atoms with van der Waals surface area (Å²) >= 11 is 3.37. The molecule has 4 rings (SSSR count). The monoisotopic (exact) mass is 419 g/mol. The largest absolute Gasteiger partial charge is 0.334 e. The summed E-state index contributed by atoms with van der Waals surface area (Å²) < 4.78 is 6.35. The summed E-state index contributed by atoms with van der Waals surface area (Å²) in [6, 6.07) is 24.1. The average molecular weight is 420 g/mol. The Kier molecular flexibility index (Phi) is 4.80. The smallest absolute Gasteiger partial charge is 0.260 e. The lowest BCUT2D eigenvalue weighted by molar-refractivity contribution is 0.102. The molecule has 0 aliphatic heterocycles. The predicted molar refractivity (Wildman–Crippen MR) is 107 cm³/mol. The minimum atomic E-state index is -0.210. The van der Waals surface area contributed by atoms with Crippen LogP contribution in [0.4, 0.5) is 5.69 Å². The van der Waals surface area contributed by atoms with Crippen LogP contribution in [0.25, 0.3) is 22.8 Å². The number of carbonyl (C=O) groups excluding carboxylic acids is 1. The normalized spacial score (nSPS) is 10.6. The highest BCUT2D eigenvalue weighted by molar-refractivity contribution is 9.10. The van der Waals surface area contributed by atoms with Crippen molar-refractivity contribution >= 4 is 27.5 Å². The zero-order valence-electron chi connectivity index (χ0n) is 14.1. The molecule has 0 saturated carbocycles. The van der Waals surface area contributed by atoms with Gasteiger partial charge in [0.2, 0.25) is 5.82 Å². The molecule has 27 heavy (non-hydrogen) atoms. The van der Waals surface area contributed by atoms with Crippen molar-refractivity contribution in [3.05, 3.63) is 88.9 Å². The molecule has 1 aromatic heterocycles. The molecule has 1 N–H and O–H groups in total. The summed E-state index contributed by atoms with van der Waals surface area (Å²) in [5.74, 6) is 0.637. The molecule has 6 heteroatoms. The second-order valence-corrected chi connectivity index (χ2v) is 6.71. The maximum atomic E-state index is 12.5. The molecule has 1 heterocycles. The first-order chi connectivity index (χ1) is 13.2. The van der Waals surface area contributed by atoms with Gasteiger partial charge in [0, 0.05) is 15.6 Å². The Bertz CT molecular complexity index is 1080. The van der Waals surface area contributed by atoms with Gasteiger partial charge in [-0.3, -0.25) is 4.79 Å². The average Bonchev–Trinajstić information content (AvgIpc) is 3.19. The van der Waals surface area contributed by atoms with Gasteiger partial charge in [-0.15, -0.1) is 0 Å². The Balaban J connectivity index is 1.63. The SMILES string of the molecule is O=C(Nc1ccccc1-c1nc(-c2ccccc2)no1)c1ccc(Br)cc1. The van der Waals surface area contributed by atoms with Gasteiger partial charge in [-0.25, -0.2) is 0 Å². The van der Waals surface area contributed by atoms with E-state index < -0.39 is 0 Å². The molecule has 5 nitrogen and oxygen atoms in total. The first-order valence-corrected chi connectivity index (χ1v) is 9.05. The zero-order chi connectivity index (χ0) is 18.6. The van der Waals surface area contributed by atoms with Crippen LogP contribution in [0.1, 0.15) is 10.4 Å². The molecule has 0 radical (unpaired) electrons. The van der Waals surface area contributed by atoms with E-state index in [1.807, 2.05) is 60.7 Å². The number of anilines is 1. The number of rotatable bonds is 4. The summed E-state index contributed by atoms with van der Waals surface area (Å²) in [4.78, 5) is 17.0. The lowest BCUT2D eigenvalue weighted by Gasteiger charge is -2.08. The third-order valence-electron chi connectivity index (χ3n) is 3.97. The van der Waals surface area contributed by atoms with Crippen molar-refractivity contribution in [2.75, 3.05) is 5.32 Å². The van der Waals surface area contributed by atoms with Crippen LogP contribution >= 0.6 is 15.9 Å². The Morgan fingerprint density at radius 3 is 2.37 bits per heavy atom. The van der Waals surface area contributed by atoms with Crippen LogP contribution in [0.15, 0.2) is 87.9 Å². The lowest BCUT2D eigenvalue weighted by Crippen LogP contribution is -2.12. The van der Waals surface area contributed by atoms with Gasteiger partial charge < -0.3 is 9.84 Å². The van der Waals surface area contributed by atoms with Crippen molar-refractivity contribution in [2.45, 2.75) is 0 Å². The number of nitrogens with zero attached hydrogens (tertiary/aromatic N) is 2. The van der Waals surface area contributed by atoms with E-state index in [4.69, 9.17) is 4.52 Å². The van der Waals surface area contributed by atoms with E-state index in [9.17, 15) is 4.79 Å². The minimum absolute atomic E-state index is 0.210. The van der Waals surface area contributed by atoms with Gasteiger partial charge in [0.05, 0.1) is 11.3 Å². The van der Waals surface area contributed by atoms with Crippen molar-refractivity contribution in [2.24, 2.45) is 0 Å². The Morgan fingerprint density at radius 2 is 1.59 bits per heavy atom. The molecular formula is C21H14BrN3O2. The number of aromatic nitrogens is 2. The van der Waals surface area contributed by atoms with Crippen LogP contribution in [0.2, 0.25) is 0 Å². The summed E-state index contributed by atoms with van der Waals surface area (Å²) in [5, 5.41) is 6.96. The van der Waals surface area contributed by atoms with Crippen molar-refractivity contribution in [3.63, 3.8) is 0 Å². The van der Waals surface area contributed by atoms with E-state index >= 15 is 0 Å². The van der Waals surface area contributed by atoms with Gasteiger partial charge in [0.1, 0.15) is 0 Å². The number of amides is 1. The molecule has 0 unspecified atom stereocenters. The highest BCUT2D eigenvalue weighted by atomic mass is 79.9. The lowest BCUT2D eigenvalue weighted by atomic mass is 10.1. The highest BCUT2D eigenvalue weighted by Crippen LogP contribution is 2.28. The van der Waals surface area contributed by atoms with Gasteiger partial charge >= 0.3 is 0 Å². The van der Waals surface area contributed by atoms with E-state index in [1.165, 1.54) is 0 Å². The van der Waals surface area contributed by atoms with E-state index in [0.29, 0.717) is 28.5 Å². The maximum absolute atomic E-state index is 12.5. The van der Waals surface area contributed by atoms with Gasteiger partial charge in [-0.1, -0.05) is 63.6 Å². The van der Waals surface area contributed by atoms with Crippen LogP contribution in [0, 0.1) is 0 Å². The molecule has 0 spiro atoms. The Hall–Kier alpha value is -3.25. The Morgan fingerprint density at radius 1 is 0.889 bits per heavy atom. The van der Waals surface area contributed by atoms with E-state index in [2.05, 4.69) is 31.4 Å². The number of hydrogen-bond donors (Lipinski definition) is 1. The molecule has 0 fully saturated rings. The molecule has 0 aliphatic carbocycles. The van der Waals surface area contributed by atoms with Crippen LogP contribution in [0.3, 0.4) is 0 Å². The topological polar surface area (TPSA) is 68.0 Å². The first kappa shape index (κ1) is 17.2. The molecule has 3 aromatic carbocycles. The van der Waals surface area contributed by atoms with Gasteiger partial charge in [0.25, 0.3) is 11.8 Å². The van der Waals surface area contributed by atoms with Gasteiger partial charge in [-0.05, 0) is 36.4 Å². The quantitative estimate of drug-likeness (QED) is 0.479. The number of halogens is 1. The summed E-state index contributed by atoms with van der Waals surface area (Å²) in [7, 11) is 0. The third kappa shape index (κ3) is 3.80. The highest BCUT2D eigenvalue weighted by Gasteiger charge is 2.16. The Labute approximate surface area is 164 Å². The van der Waals surface area contributed by atoms with Crippen LogP contribution in [-0.4, -0.2) is 16.0 Å². The third-order valence-corrected chi connectivity index (χ3v) is 4.50. The van der Waals surface area contributed by atoms with Crippen molar-refractivity contribution in [3.8, 4) is 22.8 Å². The minimum Gasteiger partial charge on any atom is -0.334 e. The van der Waals surface area contributed by atoms with Crippen LogP contribution < -0.4 is 5.32 Å². The second kappa shape index (κ2) is 7.55. The standard InChI is InChI=1S/C21H14BrN3O2/c22-16-12-10-15(11-13-16)20(26)23-18-9-5-4-8-17(18)21-24-19(25-27-21)14-6-2-1-3-7-14/h1-13H,(H,23,26). The molecule has 132 valence electrons. The maximum Gasteiger partial charge on any atom is 0.260 e. The van der Waals surface area contributed by atoms with Crippen molar-refractivity contribution in [1.82, 2.24) is 10.1 Å². The fourth-order valence-corrected chi connectivity index (χ4v) is 2.88. The second-order valence-electron chi connectivity index (χ2n) is 5.80. The van der Waals surface area contributed by atoms with E-state index in [0.717, 1.165) is 10.0 Å². The molecule has 1 amide bonds. The molecule has 0 aliphatic rings. The molecule has 0 bridgehead atoms. The van der Waals surface area contributed by atoms with Gasteiger partial charge in [0.15, 0.2) is 0 Å². The number of benzene rings is 3. The molecular weight excluding hydrogens is 406 g/mol. The fraction of sp³-hybridized carbons (Fsp3) is 0. The number of nitrogens with one attached hydrogen (secondary N) is 1. The fourth-order valence-electron chi connectivity index (χ4n) is 2.61. The van der Waals surface area contributed by atoms with Crippen LogP contribution in [-0.2, 0) is 0 Å². The summed E-state index contributed by atoms with van der Waals surface area (Å²) in [6.45, 7) is 0. The number of carbonyl (C=O) groups is 1. The predicted octanol–water partition coefficient (Wildman–Crippen LogP) is 5.42.